The molecule has 0 atom stereocenters. The van der Waals surface area contributed by atoms with Crippen LogP contribution in [0.15, 0.2) is 24.4 Å². The number of rotatable bonds is 3. The molecule has 1 saturated heterocycles. The van der Waals surface area contributed by atoms with Crippen LogP contribution in [0.5, 0.6) is 0 Å². The molecule has 1 aliphatic heterocycles. The highest BCUT2D eigenvalue weighted by molar-refractivity contribution is 7.85. The van der Waals surface area contributed by atoms with Crippen LogP contribution >= 0.6 is 0 Å². The Bertz CT molecular complexity index is 598. The fraction of sp³-hybridized carbons (Fsp3) is 0.500. The normalized spacial score (nSPS) is 23.8. The van der Waals surface area contributed by atoms with Crippen LogP contribution in [0, 0.1) is 6.92 Å². The second-order valence-corrected chi connectivity index (χ2v) is 6.77. The Morgan fingerprint density at radius 1 is 1.42 bits per heavy atom. The molecule has 0 radical (unpaired) electrons. The van der Waals surface area contributed by atoms with E-state index in [0.717, 1.165) is 42.2 Å². The minimum atomic E-state index is -0.585. The second-order valence-electron chi connectivity index (χ2n) is 5.08. The topological polar surface area (TPSA) is 46.4 Å². The molecule has 0 unspecified atom stereocenters. The van der Waals surface area contributed by atoms with Gasteiger partial charge < -0.3 is 9.72 Å². The van der Waals surface area contributed by atoms with E-state index in [4.69, 9.17) is 0 Å². The lowest BCUT2D eigenvalue weighted by Gasteiger charge is -2.22. The maximum atomic E-state index is 11.3. The molecule has 1 N–H and O–H groups in total. The van der Waals surface area contributed by atoms with Crippen molar-refractivity contribution >= 4 is 16.4 Å². The van der Waals surface area contributed by atoms with Crippen molar-refractivity contribution in [1.82, 2.24) is 14.7 Å². The molecule has 2 aromatic rings. The third kappa shape index (κ3) is 2.72. The number of nitrogens with one attached hydrogen (secondary N) is 1. The number of aromatic nitrogens is 2. The van der Waals surface area contributed by atoms with Gasteiger partial charge >= 0.3 is 0 Å². The number of nitrogens with zero attached hydrogens (tertiary/aromatic N) is 2. The Labute approximate surface area is 115 Å². The first kappa shape index (κ1) is 12.8. The quantitative estimate of drug-likeness (QED) is 0.928. The van der Waals surface area contributed by atoms with Crippen LogP contribution in [-0.4, -0.2) is 31.1 Å². The average Bonchev–Trinajstić information content (AvgIpc) is 2.74. The minimum absolute atomic E-state index is 0.492. The van der Waals surface area contributed by atoms with Gasteiger partial charge in [-0.25, -0.2) is 4.98 Å². The van der Waals surface area contributed by atoms with Crippen molar-refractivity contribution in [3.8, 4) is 0 Å². The number of hydrogen-bond acceptors (Lipinski definition) is 3. The van der Waals surface area contributed by atoms with Crippen molar-refractivity contribution in [2.75, 3.05) is 11.5 Å². The third-order valence-electron chi connectivity index (χ3n) is 3.78. The van der Waals surface area contributed by atoms with Crippen LogP contribution in [0.2, 0.25) is 0 Å². The van der Waals surface area contributed by atoms with Crippen LogP contribution in [-0.2, 0) is 17.3 Å². The summed E-state index contributed by atoms with van der Waals surface area (Å²) in [6.07, 6.45) is 4.09. The summed E-state index contributed by atoms with van der Waals surface area (Å²) in [6, 6.07) is 6.56. The molecule has 3 rings (SSSR count). The molecular formula is C14H19N3OS. The minimum Gasteiger partial charge on any atom is -0.308 e. The summed E-state index contributed by atoms with van der Waals surface area (Å²) in [5.41, 5.74) is 3.31. The highest BCUT2D eigenvalue weighted by Gasteiger charge is 2.18. The predicted molar refractivity (Wildman–Crippen MR) is 77.7 cm³/mol. The van der Waals surface area contributed by atoms with Crippen molar-refractivity contribution in [2.45, 2.75) is 32.4 Å². The lowest BCUT2D eigenvalue weighted by Crippen LogP contribution is -2.35. The molecule has 1 aliphatic rings. The standard InChI is InChI=1S/C14H19N3OS/c1-11-13(17-7-3-2-4-14(17)16-11)10-15-12-5-8-19(18)9-6-12/h2-4,7,12,15H,5-6,8-10H2,1H3. The Balaban J connectivity index is 1.71. The Hall–Kier alpha value is -1.20. The van der Waals surface area contributed by atoms with Gasteiger partial charge in [-0.15, -0.1) is 0 Å². The molecule has 0 aromatic carbocycles. The molecule has 1 fully saturated rings. The molecule has 102 valence electrons. The first-order valence-electron chi connectivity index (χ1n) is 6.75. The summed E-state index contributed by atoms with van der Waals surface area (Å²) in [5.74, 6) is 1.67. The van der Waals surface area contributed by atoms with Crippen molar-refractivity contribution in [3.63, 3.8) is 0 Å². The van der Waals surface area contributed by atoms with E-state index in [0.29, 0.717) is 6.04 Å². The van der Waals surface area contributed by atoms with Crippen molar-refractivity contribution < 1.29 is 4.21 Å². The first-order valence-corrected chi connectivity index (χ1v) is 8.24. The van der Waals surface area contributed by atoms with Gasteiger partial charge in [0, 0.05) is 41.1 Å². The molecule has 4 nitrogen and oxygen atoms in total. The Kier molecular flexibility index (Phi) is 3.66. The lowest BCUT2D eigenvalue weighted by molar-refractivity contribution is 0.470. The molecule has 5 heteroatoms. The Morgan fingerprint density at radius 3 is 3.00 bits per heavy atom. The summed E-state index contributed by atoms with van der Waals surface area (Å²) < 4.78 is 13.5. The van der Waals surface area contributed by atoms with E-state index in [9.17, 15) is 4.21 Å². The van der Waals surface area contributed by atoms with Crippen LogP contribution < -0.4 is 5.32 Å². The summed E-state index contributed by atoms with van der Waals surface area (Å²) in [4.78, 5) is 4.56. The van der Waals surface area contributed by atoms with Gasteiger partial charge in [0.05, 0.1) is 11.4 Å². The van der Waals surface area contributed by atoms with Crippen molar-refractivity contribution in [1.29, 1.82) is 0 Å². The zero-order valence-electron chi connectivity index (χ0n) is 11.1. The van der Waals surface area contributed by atoms with Crippen LogP contribution in [0.25, 0.3) is 5.65 Å². The van der Waals surface area contributed by atoms with Gasteiger partial charge in [-0.05, 0) is 31.9 Å². The van der Waals surface area contributed by atoms with E-state index < -0.39 is 10.8 Å². The summed E-state index contributed by atoms with van der Waals surface area (Å²) in [6.45, 7) is 2.88. The molecule has 0 spiro atoms. The van der Waals surface area contributed by atoms with Crippen LogP contribution in [0.3, 0.4) is 0 Å². The maximum Gasteiger partial charge on any atom is 0.137 e. The molecule has 3 heterocycles. The molecular weight excluding hydrogens is 258 g/mol. The summed E-state index contributed by atoms with van der Waals surface area (Å²) in [5, 5.41) is 3.58. The third-order valence-corrected chi connectivity index (χ3v) is 5.16. The van der Waals surface area contributed by atoms with Gasteiger partial charge in [0.15, 0.2) is 0 Å². The molecule has 0 amide bonds. The highest BCUT2D eigenvalue weighted by Crippen LogP contribution is 2.14. The second kappa shape index (κ2) is 5.43. The van der Waals surface area contributed by atoms with Gasteiger partial charge in [-0.3, -0.25) is 4.21 Å². The number of aryl methyl sites for hydroxylation is 1. The lowest BCUT2D eigenvalue weighted by atomic mass is 10.1. The molecule has 0 aliphatic carbocycles. The Morgan fingerprint density at radius 2 is 2.21 bits per heavy atom. The predicted octanol–water partition coefficient (Wildman–Crippen LogP) is 1.64. The van der Waals surface area contributed by atoms with Crippen LogP contribution in [0.1, 0.15) is 24.2 Å². The van der Waals surface area contributed by atoms with E-state index in [-0.39, 0.29) is 0 Å². The van der Waals surface area contributed by atoms with E-state index in [1.54, 1.807) is 0 Å². The van der Waals surface area contributed by atoms with Crippen molar-refractivity contribution in [3.05, 3.63) is 35.8 Å². The number of imidazole rings is 1. The molecule has 0 saturated carbocycles. The number of pyridine rings is 1. The van der Waals surface area contributed by atoms with Gasteiger partial charge in [-0.1, -0.05) is 6.07 Å². The van der Waals surface area contributed by atoms with Gasteiger partial charge in [-0.2, -0.15) is 0 Å². The fourth-order valence-electron chi connectivity index (χ4n) is 2.62. The highest BCUT2D eigenvalue weighted by atomic mass is 32.2. The largest absolute Gasteiger partial charge is 0.308 e. The molecule has 19 heavy (non-hydrogen) atoms. The van der Waals surface area contributed by atoms with E-state index in [1.807, 2.05) is 18.2 Å². The van der Waals surface area contributed by atoms with E-state index in [2.05, 4.69) is 27.8 Å². The van der Waals surface area contributed by atoms with Gasteiger partial charge in [0.2, 0.25) is 0 Å². The first-order chi connectivity index (χ1) is 9.24. The summed E-state index contributed by atoms with van der Waals surface area (Å²) in [7, 11) is -0.585. The SMILES string of the molecule is Cc1nc2ccccn2c1CNC1CCS(=O)CC1. The van der Waals surface area contributed by atoms with Gasteiger partial charge in [0.25, 0.3) is 0 Å². The number of hydrogen-bond donors (Lipinski definition) is 1. The zero-order chi connectivity index (χ0) is 13.2. The maximum absolute atomic E-state index is 11.3. The zero-order valence-corrected chi connectivity index (χ0v) is 11.9. The molecule has 2 aromatic heterocycles. The van der Waals surface area contributed by atoms with Gasteiger partial charge in [0.1, 0.15) is 5.65 Å². The smallest absolute Gasteiger partial charge is 0.137 e. The number of fused-ring (bicyclic) bond motifs is 1. The fourth-order valence-corrected chi connectivity index (χ4v) is 3.92. The van der Waals surface area contributed by atoms with E-state index in [1.165, 1.54) is 5.69 Å². The molecule has 0 bridgehead atoms. The average molecular weight is 277 g/mol. The van der Waals surface area contributed by atoms with Crippen molar-refractivity contribution in [2.24, 2.45) is 0 Å². The van der Waals surface area contributed by atoms with Crippen LogP contribution in [0.4, 0.5) is 0 Å². The monoisotopic (exact) mass is 277 g/mol. The van der Waals surface area contributed by atoms with E-state index >= 15 is 0 Å². The summed E-state index contributed by atoms with van der Waals surface area (Å²) >= 11 is 0.